The molecule has 0 heterocycles. The molecule has 0 radical (unpaired) electrons. The molecule has 4 nitrogen and oxygen atoms in total. The molecule has 0 spiro atoms. The minimum absolute atomic E-state index is 0.237. The Kier molecular flexibility index (Phi) is 3.90. The van der Waals surface area contributed by atoms with Crippen LogP contribution in [0.15, 0.2) is 36.9 Å². The maximum atomic E-state index is 12.2. The van der Waals surface area contributed by atoms with Crippen LogP contribution in [0.2, 0.25) is 5.02 Å². The standard InChI is InChI=1S/C14H15ClN2O2/c1-2-9-16-12(18)14(7-8-14)13(19)17-11-5-3-10(15)4-6-11/h2-6H,1,7-9H2,(H,16,18)(H,17,19). The highest BCUT2D eigenvalue weighted by molar-refractivity contribution is 6.30. The Morgan fingerprint density at radius 1 is 1.26 bits per heavy atom. The van der Waals surface area contributed by atoms with Crippen molar-refractivity contribution >= 4 is 29.1 Å². The van der Waals surface area contributed by atoms with Crippen LogP contribution in [0.1, 0.15) is 12.8 Å². The fraction of sp³-hybridized carbons (Fsp3) is 0.286. The molecule has 0 saturated heterocycles. The van der Waals surface area contributed by atoms with Crippen molar-refractivity contribution in [3.8, 4) is 0 Å². The van der Waals surface area contributed by atoms with Crippen LogP contribution in [-0.4, -0.2) is 18.4 Å². The molecule has 2 amide bonds. The van der Waals surface area contributed by atoms with Crippen LogP contribution in [0.25, 0.3) is 0 Å². The van der Waals surface area contributed by atoms with Gasteiger partial charge in [-0.3, -0.25) is 9.59 Å². The van der Waals surface area contributed by atoms with E-state index in [0.29, 0.717) is 30.1 Å². The van der Waals surface area contributed by atoms with Crippen LogP contribution >= 0.6 is 11.6 Å². The topological polar surface area (TPSA) is 58.2 Å². The van der Waals surface area contributed by atoms with Gasteiger partial charge in [0.2, 0.25) is 11.8 Å². The predicted octanol–water partition coefficient (Wildman–Crippen LogP) is 2.36. The second-order valence-electron chi connectivity index (χ2n) is 4.54. The number of carbonyl (C=O) groups excluding carboxylic acids is 2. The number of benzene rings is 1. The van der Waals surface area contributed by atoms with Gasteiger partial charge in [0.1, 0.15) is 5.41 Å². The number of nitrogens with one attached hydrogen (secondary N) is 2. The summed E-state index contributed by atoms with van der Waals surface area (Å²) in [6.45, 7) is 3.90. The summed E-state index contributed by atoms with van der Waals surface area (Å²) in [6, 6.07) is 6.79. The highest BCUT2D eigenvalue weighted by atomic mass is 35.5. The van der Waals surface area contributed by atoms with Crippen molar-refractivity contribution in [1.82, 2.24) is 5.32 Å². The molecule has 2 rings (SSSR count). The molecule has 1 aromatic carbocycles. The summed E-state index contributed by atoms with van der Waals surface area (Å²) >= 11 is 5.77. The maximum absolute atomic E-state index is 12.2. The summed E-state index contributed by atoms with van der Waals surface area (Å²) in [4.78, 5) is 24.1. The second kappa shape index (κ2) is 5.45. The summed E-state index contributed by atoms with van der Waals surface area (Å²) in [5.41, 5.74) is -0.278. The van der Waals surface area contributed by atoms with Gasteiger partial charge in [0.15, 0.2) is 0 Å². The summed E-state index contributed by atoms with van der Waals surface area (Å²) in [6.07, 6.45) is 2.75. The van der Waals surface area contributed by atoms with E-state index in [1.54, 1.807) is 30.3 Å². The first-order chi connectivity index (χ1) is 9.08. The largest absolute Gasteiger partial charge is 0.352 e. The van der Waals surface area contributed by atoms with Gasteiger partial charge in [0, 0.05) is 17.3 Å². The molecule has 2 N–H and O–H groups in total. The van der Waals surface area contributed by atoms with E-state index in [4.69, 9.17) is 11.6 Å². The van der Waals surface area contributed by atoms with Crippen molar-refractivity contribution in [2.75, 3.05) is 11.9 Å². The first-order valence-corrected chi connectivity index (χ1v) is 6.42. The van der Waals surface area contributed by atoms with E-state index < -0.39 is 5.41 Å². The number of hydrogen-bond donors (Lipinski definition) is 2. The Morgan fingerprint density at radius 3 is 2.42 bits per heavy atom. The molecule has 0 aliphatic heterocycles. The van der Waals surface area contributed by atoms with Gasteiger partial charge >= 0.3 is 0 Å². The molecule has 0 bridgehead atoms. The molecule has 0 atom stereocenters. The molecular formula is C14H15ClN2O2. The Balaban J connectivity index is 2.01. The molecule has 1 aliphatic rings. The average Bonchev–Trinajstić information content (AvgIpc) is 3.20. The number of halogens is 1. The van der Waals surface area contributed by atoms with Crippen LogP contribution < -0.4 is 10.6 Å². The first kappa shape index (κ1) is 13.6. The molecular weight excluding hydrogens is 264 g/mol. The lowest BCUT2D eigenvalue weighted by Crippen LogP contribution is -2.40. The summed E-state index contributed by atoms with van der Waals surface area (Å²) in [5, 5.41) is 6.02. The lowest BCUT2D eigenvalue weighted by molar-refractivity contribution is -0.134. The van der Waals surface area contributed by atoms with Crippen molar-refractivity contribution in [1.29, 1.82) is 0 Å². The van der Waals surface area contributed by atoms with Gasteiger partial charge in [-0.2, -0.15) is 0 Å². The normalized spacial score (nSPS) is 15.4. The van der Waals surface area contributed by atoms with Crippen molar-refractivity contribution < 1.29 is 9.59 Å². The molecule has 100 valence electrons. The van der Waals surface area contributed by atoms with Gasteiger partial charge < -0.3 is 10.6 Å². The lowest BCUT2D eigenvalue weighted by Gasteiger charge is -2.14. The van der Waals surface area contributed by atoms with Gasteiger partial charge in [-0.1, -0.05) is 17.7 Å². The third-order valence-corrected chi connectivity index (χ3v) is 3.38. The first-order valence-electron chi connectivity index (χ1n) is 6.05. The third-order valence-electron chi connectivity index (χ3n) is 3.13. The fourth-order valence-corrected chi connectivity index (χ4v) is 1.93. The zero-order valence-corrected chi connectivity index (χ0v) is 11.2. The Labute approximate surface area is 116 Å². The Hall–Kier alpha value is -1.81. The zero-order chi connectivity index (χ0) is 13.9. The van der Waals surface area contributed by atoms with E-state index in [-0.39, 0.29) is 11.8 Å². The summed E-state index contributed by atoms with van der Waals surface area (Å²) in [5.74, 6) is -0.504. The molecule has 1 fully saturated rings. The van der Waals surface area contributed by atoms with Crippen LogP contribution in [0.5, 0.6) is 0 Å². The van der Waals surface area contributed by atoms with E-state index in [0.717, 1.165) is 0 Å². The van der Waals surface area contributed by atoms with Gasteiger partial charge in [-0.15, -0.1) is 6.58 Å². The highest BCUT2D eigenvalue weighted by Gasteiger charge is 2.56. The van der Waals surface area contributed by atoms with E-state index >= 15 is 0 Å². The lowest BCUT2D eigenvalue weighted by atomic mass is 10.1. The van der Waals surface area contributed by atoms with Crippen molar-refractivity contribution in [2.45, 2.75) is 12.8 Å². The molecule has 5 heteroatoms. The van der Waals surface area contributed by atoms with Crippen LogP contribution in [0, 0.1) is 5.41 Å². The highest BCUT2D eigenvalue weighted by Crippen LogP contribution is 2.46. The van der Waals surface area contributed by atoms with Gasteiger partial charge in [-0.25, -0.2) is 0 Å². The van der Waals surface area contributed by atoms with Gasteiger partial charge in [-0.05, 0) is 37.1 Å². The smallest absolute Gasteiger partial charge is 0.240 e. The number of carbonyl (C=O) groups is 2. The SMILES string of the molecule is C=CCNC(=O)C1(C(=O)Nc2ccc(Cl)cc2)CC1. The second-order valence-corrected chi connectivity index (χ2v) is 4.98. The number of hydrogen-bond acceptors (Lipinski definition) is 2. The summed E-state index contributed by atoms with van der Waals surface area (Å²) in [7, 11) is 0. The van der Waals surface area contributed by atoms with Crippen LogP contribution in [0.3, 0.4) is 0 Å². The Bertz CT molecular complexity index is 507. The minimum Gasteiger partial charge on any atom is -0.352 e. The average molecular weight is 279 g/mol. The van der Waals surface area contributed by atoms with Crippen molar-refractivity contribution in [2.24, 2.45) is 5.41 Å². The fourth-order valence-electron chi connectivity index (χ4n) is 1.80. The van der Waals surface area contributed by atoms with Crippen molar-refractivity contribution in [3.63, 3.8) is 0 Å². The van der Waals surface area contributed by atoms with Crippen LogP contribution in [-0.2, 0) is 9.59 Å². The van der Waals surface area contributed by atoms with Crippen molar-refractivity contribution in [3.05, 3.63) is 41.9 Å². The Morgan fingerprint density at radius 2 is 1.89 bits per heavy atom. The van der Waals surface area contributed by atoms with E-state index in [2.05, 4.69) is 17.2 Å². The summed E-state index contributed by atoms with van der Waals surface area (Å²) < 4.78 is 0. The van der Waals surface area contributed by atoms with Gasteiger partial charge in [0.05, 0.1) is 0 Å². The number of rotatable bonds is 5. The maximum Gasteiger partial charge on any atom is 0.240 e. The molecule has 1 aromatic rings. The predicted molar refractivity (Wildman–Crippen MR) is 75.0 cm³/mol. The molecule has 0 unspecified atom stereocenters. The monoisotopic (exact) mass is 278 g/mol. The third kappa shape index (κ3) is 2.96. The quantitative estimate of drug-likeness (QED) is 0.642. The van der Waals surface area contributed by atoms with Crippen LogP contribution in [0.4, 0.5) is 5.69 Å². The number of anilines is 1. The van der Waals surface area contributed by atoms with E-state index in [1.807, 2.05) is 0 Å². The van der Waals surface area contributed by atoms with Gasteiger partial charge in [0.25, 0.3) is 0 Å². The molecule has 0 aromatic heterocycles. The molecule has 1 saturated carbocycles. The molecule has 1 aliphatic carbocycles. The minimum atomic E-state index is -0.914. The van der Waals surface area contributed by atoms with E-state index in [9.17, 15) is 9.59 Å². The van der Waals surface area contributed by atoms with E-state index in [1.165, 1.54) is 0 Å². The molecule has 19 heavy (non-hydrogen) atoms. The zero-order valence-electron chi connectivity index (χ0n) is 10.4. The number of amides is 2.